The quantitative estimate of drug-likeness (QED) is 0.818. The Morgan fingerprint density at radius 3 is 2.78 bits per heavy atom. The zero-order chi connectivity index (χ0) is 13.1. The van der Waals surface area contributed by atoms with Crippen LogP contribution in [0.15, 0.2) is 35.9 Å². The molecule has 6 heteroatoms. The number of hydrogen-bond donors (Lipinski definition) is 1. The number of carbonyl (C=O) groups excluding carboxylic acids is 2. The molecule has 94 valence electrons. The van der Waals surface area contributed by atoms with Crippen LogP contribution in [0, 0.1) is 5.82 Å². The minimum atomic E-state index is -1.07. The number of benzene rings is 1. The summed E-state index contributed by atoms with van der Waals surface area (Å²) in [7, 11) is 0. The van der Waals surface area contributed by atoms with Crippen molar-refractivity contribution in [3.05, 3.63) is 41.7 Å². The number of carbonyl (C=O) groups is 2. The summed E-state index contributed by atoms with van der Waals surface area (Å²) in [6.45, 7) is 1.54. The van der Waals surface area contributed by atoms with Gasteiger partial charge in [-0.3, -0.25) is 5.32 Å². The first-order valence-electron chi connectivity index (χ1n) is 5.18. The first-order valence-corrected chi connectivity index (χ1v) is 5.18. The van der Waals surface area contributed by atoms with Gasteiger partial charge < -0.3 is 9.47 Å². The van der Waals surface area contributed by atoms with Crippen LogP contribution < -0.4 is 5.32 Å². The molecular weight excluding hydrogens is 241 g/mol. The molecular formula is C12H10FNO4. The maximum absolute atomic E-state index is 13.2. The van der Waals surface area contributed by atoms with Crippen molar-refractivity contribution in [2.24, 2.45) is 0 Å². The van der Waals surface area contributed by atoms with E-state index in [0.717, 1.165) is 0 Å². The highest BCUT2D eigenvalue weighted by Gasteiger charge is 2.25. The maximum Gasteiger partial charge on any atom is 0.415 e. The van der Waals surface area contributed by atoms with E-state index in [4.69, 9.17) is 9.47 Å². The van der Waals surface area contributed by atoms with Gasteiger partial charge in [-0.15, -0.1) is 0 Å². The summed E-state index contributed by atoms with van der Waals surface area (Å²) in [5.74, 6) is -1.12. The third-order valence-corrected chi connectivity index (χ3v) is 2.27. The number of nitrogens with one attached hydrogen (secondary N) is 1. The van der Waals surface area contributed by atoms with E-state index >= 15 is 0 Å². The lowest BCUT2D eigenvalue weighted by molar-refractivity contribution is -0.150. The highest BCUT2D eigenvalue weighted by molar-refractivity contribution is 5.91. The van der Waals surface area contributed by atoms with Crippen LogP contribution in [0.3, 0.4) is 0 Å². The molecule has 0 fully saturated rings. The molecule has 0 radical (unpaired) electrons. The van der Waals surface area contributed by atoms with E-state index < -0.39 is 24.2 Å². The number of esters is 1. The lowest BCUT2D eigenvalue weighted by Crippen LogP contribution is -2.22. The standard InChI is InChI=1S/C12H10FNO4/c1-7-6-10(17-11(7)15)18-12(16)14-9-5-3-2-4-8(9)13/h2-6,10H,1H3,(H,14,16). The molecule has 1 N–H and O–H groups in total. The number of rotatable bonds is 2. The van der Waals surface area contributed by atoms with Crippen LogP contribution in [0.1, 0.15) is 6.92 Å². The fourth-order valence-electron chi connectivity index (χ4n) is 1.37. The van der Waals surface area contributed by atoms with E-state index in [1.165, 1.54) is 24.3 Å². The Hall–Kier alpha value is -2.37. The number of cyclic esters (lactones) is 1. The van der Waals surface area contributed by atoms with Crippen LogP contribution in [0.4, 0.5) is 14.9 Å². The zero-order valence-corrected chi connectivity index (χ0v) is 9.48. The molecule has 0 spiro atoms. The molecule has 1 aliphatic heterocycles. The molecule has 1 aromatic rings. The second-order valence-corrected chi connectivity index (χ2v) is 3.63. The van der Waals surface area contributed by atoms with Crippen LogP contribution in [-0.2, 0) is 14.3 Å². The molecule has 0 aliphatic carbocycles. The average Bonchev–Trinajstić information content (AvgIpc) is 2.61. The average molecular weight is 251 g/mol. The van der Waals surface area contributed by atoms with Crippen molar-refractivity contribution in [3.8, 4) is 0 Å². The summed E-state index contributed by atoms with van der Waals surface area (Å²) in [5, 5.41) is 2.21. The fraction of sp³-hybridized carbons (Fsp3) is 0.167. The molecule has 1 amide bonds. The summed E-state index contributed by atoms with van der Waals surface area (Å²) >= 11 is 0. The highest BCUT2D eigenvalue weighted by Crippen LogP contribution is 2.16. The molecule has 0 saturated carbocycles. The molecule has 2 rings (SSSR count). The Labute approximate surface area is 102 Å². The number of amides is 1. The van der Waals surface area contributed by atoms with Gasteiger partial charge in [0.15, 0.2) is 0 Å². The Morgan fingerprint density at radius 1 is 1.44 bits per heavy atom. The second-order valence-electron chi connectivity index (χ2n) is 3.63. The smallest absolute Gasteiger partial charge is 0.415 e. The van der Waals surface area contributed by atoms with Gasteiger partial charge in [-0.05, 0) is 19.1 Å². The van der Waals surface area contributed by atoms with Crippen molar-refractivity contribution >= 4 is 17.7 Å². The van der Waals surface area contributed by atoms with Crippen molar-refractivity contribution in [2.75, 3.05) is 5.32 Å². The third kappa shape index (κ3) is 2.65. The van der Waals surface area contributed by atoms with Crippen LogP contribution in [0.2, 0.25) is 0 Å². The molecule has 1 aromatic carbocycles. The molecule has 5 nitrogen and oxygen atoms in total. The van der Waals surface area contributed by atoms with Crippen LogP contribution in [0.25, 0.3) is 0 Å². The molecule has 1 unspecified atom stereocenters. The summed E-state index contributed by atoms with van der Waals surface area (Å²) in [4.78, 5) is 22.4. The SMILES string of the molecule is CC1=CC(OC(=O)Nc2ccccc2F)OC1=O. The Bertz CT molecular complexity index is 527. The minimum absolute atomic E-state index is 0.00692. The van der Waals surface area contributed by atoms with Gasteiger partial charge in [0.05, 0.1) is 5.69 Å². The van der Waals surface area contributed by atoms with Gasteiger partial charge in [-0.2, -0.15) is 0 Å². The van der Waals surface area contributed by atoms with Crippen molar-refractivity contribution in [1.29, 1.82) is 0 Å². The molecule has 1 heterocycles. The number of para-hydroxylation sites is 1. The molecule has 0 aromatic heterocycles. The third-order valence-electron chi connectivity index (χ3n) is 2.27. The van der Waals surface area contributed by atoms with Gasteiger partial charge in [0.2, 0.25) is 0 Å². The number of anilines is 1. The van der Waals surface area contributed by atoms with E-state index in [0.29, 0.717) is 5.57 Å². The van der Waals surface area contributed by atoms with Gasteiger partial charge >= 0.3 is 12.1 Å². The van der Waals surface area contributed by atoms with Crippen molar-refractivity contribution < 1.29 is 23.5 Å². The van der Waals surface area contributed by atoms with E-state index in [9.17, 15) is 14.0 Å². The minimum Gasteiger partial charge on any atom is -0.418 e. The summed E-state index contributed by atoms with van der Waals surface area (Å²) in [6.07, 6.45) is -0.600. The summed E-state index contributed by atoms with van der Waals surface area (Å²) in [6, 6.07) is 5.66. The summed E-state index contributed by atoms with van der Waals surface area (Å²) in [5.41, 5.74) is 0.353. The van der Waals surface area contributed by atoms with E-state index in [-0.39, 0.29) is 5.69 Å². The topological polar surface area (TPSA) is 64.6 Å². The zero-order valence-electron chi connectivity index (χ0n) is 9.48. The second kappa shape index (κ2) is 4.87. The van der Waals surface area contributed by atoms with Crippen molar-refractivity contribution in [2.45, 2.75) is 13.2 Å². The monoisotopic (exact) mass is 251 g/mol. The van der Waals surface area contributed by atoms with Gasteiger partial charge in [0.25, 0.3) is 6.29 Å². The Kier molecular flexibility index (Phi) is 3.27. The largest absolute Gasteiger partial charge is 0.418 e. The summed E-state index contributed by atoms with van der Waals surface area (Å²) < 4.78 is 22.7. The lowest BCUT2D eigenvalue weighted by Gasteiger charge is -2.11. The molecule has 1 aliphatic rings. The Balaban J connectivity index is 1.94. The first-order chi connectivity index (χ1) is 8.56. The van der Waals surface area contributed by atoms with Crippen molar-refractivity contribution in [1.82, 2.24) is 0 Å². The molecule has 0 saturated heterocycles. The molecule has 0 bridgehead atoms. The van der Waals surface area contributed by atoms with Gasteiger partial charge in [0.1, 0.15) is 5.82 Å². The normalized spacial score (nSPS) is 18.0. The fourth-order valence-corrected chi connectivity index (χ4v) is 1.37. The highest BCUT2D eigenvalue weighted by atomic mass is 19.1. The van der Waals surface area contributed by atoms with Gasteiger partial charge in [-0.1, -0.05) is 12.1 Å². The number of ether oxygens (including phenoxy) is 2. The number of hydrogen-bond acceptors (Lipinski definition) is 4. The van der Waals surface area contributed by atoms with E-state index in [1.807, 2.05) is 0 Å². The van der Waals surface area contributed by atoms with Crippen molar-refractivity contribution in [3.63, 3.8) is 0 Å². The van der Waals surface area contributed by atoms with Gasteiger partial charge in [0, 0.05) is 11.6 Å². The number of halogens is 1. The lowest BCUT2D eigenvalue weighted by atomic mass is 10.3. The van der Waals surface area contributed by atoms with E-state index in [1.54, 1.807) is 13.0 Å². The van der Waals surface area contributed by atoms with E-state index in [2.05, 4.69) is 5.32 Å². The van der Waals surface area contributed by atoms with Crippen LogP contribution >= 0.6 is 0 Å². The van der Waals surface area contributed by atoms with Crippen LogP contribution in [-0.4, -0.2) is 18.4 Å². The van der Waals surface area contributed by atoms with Gasteiger partial charge in [-0.25, -0.2) is 14.0 Å². The first kappa shape index (κ1) is 12.1. The molecule has 18 heavy (non-hydrogen) atoms. The Morgan fingerprint density at radius 2 is 2.17 bits per heavy atom. The predicted molar refractivity (Wildman–Crippen MR) is 60.1 cm³/mol. The predicted octanol–water partition coefficient (Wildman–Crippen LogP) is 2.20. The maximum atomic E-state index is 13.2. The molecule has 1 atom stereocenters. The van der Waals surface area contributed by atoms with Crippen LogP contribution in [0.5, 0.6) is 0 Å².